The number of nitrogens with zero attached hydrogens (tertiary/aromatic N) is 5. The van der Waals surface area contributed by atoms with Gasteiger partial charge in [0.05, 0.1) is 24.8 Å². The van der Waals surface area contributed by atoms with Crippen LogP contribution in [0, 0.1) is 0 Å². The maximum atomic E-state index is 11.0. The van der Waals surface area contributed by atoms with Crippen LogP contribution in [0.3, 0.4) is 0 Å². The summed E-state index contributed by atoms with van der Waals surface area (Å²) in [4.78, 5) is 6.64. The van der Waals surface area contributed by atoms with Crippen molar-refractivity contribution in [2.45, 2.75) is 50.2 Å². The van der Waals surface area contributed by atoms with Crippen LogP contribution in [-0.4, -0.2) is 56.1 Å². The Morgan fingerprint density at radius 2 is 2.24 bits per heavy atom. The fraction of sp³-hybridized carbons (Fsp3) is 0.647. The van der Waals surface area contributed by atoms with Gasteiger partial charge in [0.2, 0.25) is 11.8 Å². The molecule has 2 aromatic heterocycles. The van der Waals surface area contributed by atoms with Gasteiger partial charge in [-0.25, -0.2) is 0 Å². The van der Waals surface area contributed by atoms with Crippen LogP contribution in [0.1, 0.15) is 49.0 Å². The molecule has 1 atom stereocenters. The molecule has 0 bridgehead atoms. The number of β-amino-alcohol motifs (C(OH)–C–C–N with tert-alkyl or cyclic N) is 1. The van der Waals surface area contributed by atoms with Crippen LogP contribution >= 0.6 is 0 Å². The molecule has 1 aliphatic carbocycles. The van der Waals surface area contributed by atoms with E-state index >= 15 is 0 Å². The van der Waals surface area contributed by atoms with Crippen LogP contribution in [0.5, 0.6) is 5.88 Å². The smallest absolute Gasteiger partial charge is 0.233 e. The van der Waals surface area contributed by atoms with Gasteiger partial charge in [0.1, 0.15) is 0 Å². The Kier molecular flexibility index (Phi) is 4.39. The third-order valence-corrected chi connectivity index (χ3v) is 4.83. The summed E-state index contributed by atoms with van der Waals surface area (Å²) in [5, 5.41) is 23.2. The van der Waals surface area contributed by atoms with Gasteiger partial charge < -0.3 is 14.4 Å². The number of likely N-dealkylation sites (tertiary alicyclic amines) is 1. The summed E-state index contributed by atoms with van der Waals surface area (Å²) in [7, 11) is 1.57. The third-order valence-electron chi connectivity index (χ3n) is 4.83. The van der Waals surface area contributed by atoms with Crippen molar-refractivity contribution >= 4 is 0 Å². The first kappa shape index (κ1) is 16.4. The number of methoxy groups -OCH3 is 1. The fourth-order valence-electron chi connectivity index (χ4n) is 3.38. The van der Waals surface area contributed by atoms with E-state index in [-0.39, 0.29) is 0 Å². The molecule has 1 aliphatic heterocycles. The molecular formula is C17H23N5O3. The first-order chi connectivity index (χ1) is 12.1. The molecule has 0 spiro atoms. The maximum absolute atomic E-state index is 11.0. The lowest BCUT2D eigenvalue weighted by Crippen LogP contribution is -2.49. The Bertz CT molecular complexity index is 715. The van der Waals surface area contributed by atoms with Crippen LogP contribution in [-0.2, 0) is 13.0 Å². The van der Waals surface area contributed by atoms with Crippen molar-refractivity contribution < 1.29 is 14.4 Å². The number of hydrogen-bond acceptors (Lipinski definition) is 8. The quantitative estimate of drug-likeness (QED) is 0.837. The molecule has 1 saturated heterocycles. The Hall–Kier alpha value is -2.06. The van der Waals surface area contributed by atoms with Crippen molar-refractivity contribution in [2.24, 2.45) is 0 Å². The average molecular weight is 345 g/mol. The SMILES string of the molecule is COc1ccc(CN2CCCC(O)(Cc3nc(C4CC4)no3)C2)nn1. The number of aromatic nitrogens is 4. The van der Waals surface area contributed by atoms with Crippen molar-refractivity contribution in [3.63, 3.8) is 0 Å². The standard InChI is InChI=1S/C17H23N5O3/c1-24-14-6-5-13(19-20-14)10-22-8-2-7-17(23,11-22)9-15-18-16(21-25-15)12-3-4-12/h5-6,12,23H,2-4,7-11H2,1H3. The summed E-state index contributed by atoms with van der Waals surface area (Å²) < 4.78 is 10.4. The molecule has 0 radical (unpaired) electrons. The Morgan fingerprint density at radius 3 is 2.96 bits per heavy atom. The molecule has 2 aromatic rings. The van der Waals surface area contributed by atoms with E-state index < -0.39 is 5.60 Å². The van der Waals surface area contributed by atoms with E-state index in [0.29, 0.717) is 37.2 Å². The first-order valence-corrected chi connectivity index (χ1v) is 8.77. The van der Waals surface area contributed by atoms with Gasteiger partial charge in [-0.2, -0.15) is 10.1 Å². The van der Waals surface area contributed by atoms with Crippen LogP contribution in [0.15, 0.2) is 16.7 Å². The van der Waals surface area contributed by atoms with E-state index in [0.717, 1.165) is 43.7 Å². The van der Waals surface area contributed by atoms with Crippen LogP contribution in [0.2, 0.25) is 0 Å². The van der Waals surface area contributed by atoms with Gasteiger partial charge in [-0.05, 0) is 38.3 Å². The van der Waals surface area contributed by atoms with E-state index in [4.69, 9.17) is 9.26 Å². The lowest BCUT2D eigenvalue weighted by atomic mass is 9.89. The van der Waals surface area contributed by atoms with Gasteiger partial charge in [0, 0.05) is 25.1 Å². The van der Waals surface area contributed by atoms with Gasteiger partial charge in [0.25, 0.3) is 0 Å². The Balaban J connectivity index is 1.38. The van der Waals surface area contributed by atoms with Crippen molar-refractivity contribution in [2.75, 3.05) is 20.2 Å². The summed E-state index contributed by atoms with van der Waals surface area (Å²) in [6.45, 7) is 2.13. The van der Waals surface area contributed by atoms with E-state index in [2.05, 4.69) is 25.2 Å². The molecule has 0 amide bonds. The van der Waals surface area contributed by atoms with Gasteiger partial charge in [-0.1, -0.05) is 5.16 Å². The number of rotatable bonds is 6. The molecular weight excluding hydrogens is 322 g/mol. The largest absolute Gasteiger partial charge is 0.480 e. The second kappa shape index (κ2) is 6.68. The van der Waals surface area contributed by atoms with Gasteiger partial charge >= 0.3 is 0 Å². The van der Waals surface area contributed by atoms with Crippen LogP contribution in [0.25, 0.3) is 0 Å². The van der Waals surface area contributed by atoms with E-state index in [1.165, 1.54) is 0 Å². The minimum absolute atomic E-state index is 0.400. The van der Waals surface area contributed by atoms with E-state index in [1.807, 2.05) is 6.07 Å². The topological polar surface area (TPSA) is 97.4 Å². The molecule has 4 rings (SSSR count). The third kappa shape index (κ3) is 3.96. The lowest BCUT2D eigenvalue weighted by Gasteiger charge is -2.38. The Labute approximate surface area is 146 Å². The molecule has 1 saturated carbocycles. The number of ether oxygens (including phenoxy) is 1. The maximum Gasteiger partial charge on any atom is 0.233 e. The van der Waals surface area contributed by atoms with Crippen molar-refractivity contribution in [1.82, 2.24) is 25.2 Å². The number of piperidine rings is 1. The van der Waals surface area contributed by atoms with Crippen LogP contribution < -0.4 is 4.74 Å². The highest BCUT2D eigenvalue weighted by Gasteiger charge is 2.36. The van der Waals surface area contributed by atoms with E-state index in [9.17, 15) is 5.11 Å². The summed E-state index contributed by atoms with van der Waals surface area (Å²) in [5.74, 6) is 2.29. The summed E-state index contributed by atoms with van der Waals surface area (Å²) in [6.07, 6.45) is 4.33. The lowest BCUT2D eigenvalue weighted by molar-refractivity contribution is -0.0377. The molecule has 8 heteroatoms. The first-order valence-electron chi connectivity index (χ1n) is 8.77. The molecule has 3 heterocycles. The summed E-state index contributed by atoms with van der Waals surface area (Å²) in [5.41, 5.74) is 0.0183. The molecule has 0 aromatic carbocycles. The fourth-order valence-corrected chi connectivity index (χ4v) is 3.38. The predicted molar refractivity (Wildman–Crippen MR) is 88.0 cm³/mol. The molecule has 1 unspecified atom stereocenters. The molecule has 1 N–H and O–H groups in total. The molecule has 2 aliphatic rings. The highest BCUT2D eigenvalue weighted by molar-refractivity contribution is 5.11. The second-order valence-corrected chi connectivity index (χ2v) is 7.10. The molecule has 25 heavy (non-hydrogen) atoms. The monoisotopic (exact) mass is 345 g/mol. The zero-order chi connectivity index (χ0) is 17.3. The predicted octanol–water partition coefficient (Wildman–Crippen LogP) is 1.32. The second-order valence-electron chi connectivity index (χ2n) is 7.10. The molecule has 8 nitrogen and oxygen atoms in total. The minimum Gasteiger partial charge on any atom is -0.480 e. The number of hydrogen-bond donors (Lipinski definition) is 1. The zero-order valence-corrected chi connectivity index (χ0v) is 14.4. The van der Waals surface area contributed by atoms with Gasteiger partial charge in [-0.3, -0.25) is 4.90 Å². The average Bonchev–Trinajstić information content (AvgIpc) is 3.36. The van der Waals surface area contributed by atoms with Gasteiger partial charge in [-0.15, -0.1) is 5.10 Å². The van der Waals surface area contributed by atoms with Gasteiger partial charge in [0.15, 0.2) is 5.82 Å². The molecule has 134 valence electrons. The number of aliphatic hydroxyl groups is 1. The molecule has 2 fully saturated rings. The summed E-state index contributed by atoms with van der Waals surface area (Å²) in [6, 6.07) is 3.70. The highest BCUT2D eigenvalue weighted by atomic mass is 16.5. The van der Waals surface area contributed by atoms with Crippen molar-refractivity contribution in [3.8, 4) is 5.88 Å². The van der Waals surface area contributed by atoms with Crippen LogP contribution in [0.4, 0.5) is 0 Å². The Morgan fingerprint density at radius 1 is 1.36 bits per heavy atom. The highest BCUT2D eigenvalue weighted by Crippen LogP contribution is 2.38. The zero-order valence-electron chi connectivity index (χ0n) is 14.4. The van der Waals surface area contributed by atoms with E-state index in [1.54, 1.807) is 13.2 Å². The van der Waals surface area contributed by atoms with Crippen molar-refractivity contribution in [3.05, 3.63) is 29.5 Å². The van der Waals surface area contributed by atoms with Crippen molar-refractivity contribution in [1.29, 1.82) is 0 Å². The minimum atomic E-state index is -0.842. The summed E-state index contributed by atoms with van der Waals surface area (Å²) >= 11 is 0. The normalized spacial score (nSPS) is 24.4.